The molecular weight excluding hydrogens is 322 g/mol. The van der Waals surface area contributed by atoms with Crippen molar-refractivity contribution < 1.29 is 23.8 Å². The Bertz CT molecular complexity index is 562. The fraction of sp³-hybridized carbons (Fsp3) is 0.579. The first-order valence-corrected chi connectivity index (χ1v) is 8.39. The van der Waals surface area contributed by atoms with E-state index in [2.05, 4.69) is 26.1 Å². The summed E-state index contributed by atoms with van der Waals surface area (Å²) in [5.74, 6) is -0.379. The molecule has 0 fully saturated rings. The number of carbonyl (C=O) groups is 2. The highest BCUT2D eigenvalue weighted by Gasteiger charge is 2.23. The second kappa shape index (κ2) is 9.42. The van der Waals surface area contributed by atoms with E-state index in [0.29, 0.717) is 18.9 Å². The molecule has 2 atom stereocenters. The molecule has 0 unspecified atom stereocenters. The van der Waals surface area contributed by atoms with Crippen molar-refractivity contribution >= 4 is 11.9 Å². The van der Waals surface area contributed by atoms with Crippen molar-refractivity contribution in [3.8, 4) is 5.75 Å². The van der Waals surface area contributed by atoms with Gasteiger partial charge in [0.05, 0.1) is 6.61 Å². The van der Waals surface area contributed by atoms with Gasteiger partial charge in [-0.05, 0) is 37.0 Å². The molecule has 6 heteroatoms. The van der Waals surface area contributed by atoms with Gasteiger partial charge in [-0.25, -0.2) is 4.79 Å². The lowest BCUT2D eigenvalue weighted by Gasteiger charge is -2.20. The molecule has 0 radical (unpaired) electrons. The highest BCUT2D eigenvalue weighted by Crippen LogP contribution is 2.24. The van der Waals surface area contributed by atoms with Crippen molar-refractivity contribution in [1.29, 1.82) is 0 Å². The second-order valence-corrected chi connectivity index (χ2v) is 6.90. The molecular formula is C19H29NO5. The minimum atomic E-state index is -0.890. The first-order valence-electron chi connectivity index (χ1n) is 8.39. The number of nitrogens with one attached hydrogen (secondary N) is 1. The normalized spacial score (nSPS) is 13.7. The molecule has 0 saturated heterocycles. The number of methoxy groups -OCH3 is 1. The Hall–Kier alpha value is -2.08. The van der Waals surface area contributed by atoms with E-state index in [1.165, 1.54) is 12.5 Å². The maximum Gasteiger partial charge on any atom is 0.347 e. The van der Waals surface area contributed by atoms with Crippen LogP contribution in [0.4, 0.5) is 0 Å². The lowest BCUT2D eigenvalue weighted by Crippen LogP contribution is -2.39. The van der Waals surface area contributed by atoms with Crippen LogP contribution in [0, 0.1) is 0 Å². The molecule has 140 valence electrons. The van der Waals surface area contributed by atoms with Gasteiger partial charge in [0, 0.05) is 13.7 Å². The Labute approximate surface area is 149 Å². The molecule has 1 rings (SSSR count). The van der Waals surface area contributed by atoms with Gasteiger partial charge in [0.15, 0.2) is 12.2 Å². The van der Waals surface area contributed by atoms with Crippen molar-refractivity contribution in [3.63, 3.8) is 0 Å². The Kier molecular flexibility index (Phi) is 7.90. The lowest BCUT2D eigenvalue weighted by molar-refractivity contribution is -0.160. The van der Waals surface area contributed by atoms with E-state index < -0.39 is 18.2 Å². The predicted molar refractivity (Wildman–Crippen MR) is 95.7 cm³/mol. The van der Waals surface area contributed by atoms with Gasteiger partial charge in [0.1, 0.15) is 5.75 Å². The maximum atomic E-state index is 12.1. The van der Waals surface area contributed by atoms with E-state index in [4.69, 9.17) is 14.2 Å². The highest BCUT2D eigenvalue weighted by atomic mass is 16.6. The summed E-state index contributed by atoms with van der Waals surface area (Å²) in [6.45, 7) is 10.3. The number of benzene rings is 1. The Morgan fingerprint density at radius 3 is 2.20 bits per heavy atom. The quantitative estimate of drug-likeness (QED) is 0.575. The third-order valence-electron chi connectivity index (χ3n) is 3.63. The van der Waals surface area contributed by atoms with Gasteiger partial charge in [-0.1, -0.05) is 32.9 Å². The molecule has 1 amide bonds. The Morgan fingerprint density at radius 1 is 1.08 bits per heavy atom. The van der Waals surface area contributed by atoms with E-state index in [1.54, 1.807) is 14.0 Å². The molecule has 0 saturated carbocycles. The smallest absolute Gasteiger partial charge is 0.347 e. The molecule has 6 nitrogen and oxygen atoms in total. The minimum absolute atomic E-state index is 0.0503. The van der Waals surface area contributed by atoms with Crippen LogP contribution >= 0.6 is 0 Å². The van der Waals surface area contributed by atoms with E-state index in [1.807, 2.05) is 24.3 Å². The molecule has 0 bridgehead atoms. The van der Waals surface area contributed by atoms with Crippen LogP contribution < -0.4 is 10.1 Å². The van der Waals surface area contributed by atoms with E-state index in [9.17, 15) is 9.59 Å². The molecule has 1 N–H and O–H groups in total. The summed E-state index contributed by atoms with van der Waals surface area (Å²) in [6, 6.07) is 7.59. The maximum absolute atomic E-state index is 12.1. The average Bonchev–Trinajstić information content (AvgIpc) is 2.54. The van der Waals surface area contributed by atoms with Crippen LogP contribution in [-0.2, 0) is 24.5 Å². The van der Waals surface area contributed by atoms with E-state index in [-0.39, 0.29) is 11.3 Å². The summed E-state index contributed by atoms with van der Waals surface area (Å²) in [6.07, 6.45) is -1.70. The third kappa shape index (κ3) is 7.13. The topological polar surface area (TPSA) is 73.9 Å². The molecule has 1 aromatic rings. The van der Waals surface area contributed by atoms with Crippen LogP contribution in [0.1, 0.15) is 40.2 Å². The van der Waals surface area contributed by atoms with Gasteiger partial charge in [0.2, 0.25) is 0 Å². The predicted octanol–water partition coefficient (Wildman–Crippen LogP) is 2.45. The first-order chi connectivity index (χ1) is 11.6. The summed E-state index contributed by atoms with van der Waals surface area (Å²) in [5, 5.41) is 2.62. The molecule has 0 aliphatic rings. The fourth-order valence-electron chi connectivity index (χ4n) is 2.03. The molecule has 1 aromatic carbocycles. The summed E-state index contributed by atoms with van der Waals surface area (Å²) in [7, 11) is 1.54. The SMILES string of the molecule is COCCNC(=O)[C@@H](C)OC(=O)[C@H](C)Oc1ccc(C(C)(C)C)cc1. The lowest BCUT2D eigenvalue weighted by atomic mass is 9.87. The zero-order valence-electron chi connectivity index (χ0n) is 15.9. The zero-order valence-corrected chi connectivity index (χ0v) is 15.9. The molecule has 0 heterocycles. The number of hydrogen-bond donors (Lipinski definition) is 1. The van der Waals surface area contributed by atoms with Gasteiger partial charge in [-0.2, -0.15) is 0 Å². The largest absolute Gasteiger partial charge is 0.479 e. The summed E-state index contributed by atoms with van der Waals surface area (Å²) >= 11 is 0. The van der Waals surface area contributed by atoms with Gasteiger partial charge in [0.25, 0.3) is 5.91 Å². The van der Waals surface area contributed by atoms with E-state index >= 15 is 0 Å². The van der Waals surface area contributed by atoms with Crippen molar-refractivity contribution in [2.45, 2.75) is 52.2 Å². The summed E-state index contributed by atoms with van der Waals surface area (Å²) < 4.78 is 15.6. The molecule has 0 spiro atoms. The highest BCUT2D eigenvalue weighted by molar-refractivity contribution is 5.84. The molecule has 0 aromatic heterocycles. The third-order valence-corrected chi connectivity index (χ3v) is 3.63. The van der Waals surface area contributed by atoms with Crippen molar-refractivity contribution in [3.05, 3.63) is 29.8 Å². The number of rotatable bonds is 8. The number of esters is 1. The summed E-state index contributed by atoms with van der Waals surface area (Å²) in [4.78, 5) is 23.8. The molecule has 25 heavy (non-hydrogen) atoms. The van der Waals surface area contributed by atoms with Gasteiger partial charge >= 0.3 is 5.97 Å². The second-order valence-electron chi connectivity index (χ2n) is 6.90. The van der Waals surface area contributed by atoms with Crippen LogP contribution in [0.25, 0.3) is 0 Å². The van der Waals surface area contributed by atoms with Gasteiger partial charge < -0.3 is 19.5 Å². The molecule has 0 aliphatic heterocycles. The Morgan fingerprint density at radius 2 is 1.68 bits per heavy atom. The van der Waals surface area contributed by atoms with Crippen LogP contribution in [-0.4, -0.2) is 44.3 Å². The first kappa shape index (κ1) is 21.0. The zero-order chi connectivity index (χ0) is 19.0. The minimum Gasteiger partial charge on any atom is -0.479 e. The fourth-order valence-corrected chi connectivity index (χ4v) is 2.03. The van der Waals surface area contributed by atoms with Crippen molar-refractivity contribution in [1.82, 2.24) is 5.32 Å². The van der Waals surface area contributed by atoms with E-state index in [0.717, 1.165) is 0 Å². The monoisotopic (exact) mass is 351 g/mol. The van der Waals surface area contributed by atoms with Crippen LogP contribution in [0.3, 0.4) is 0 Å². The number of ether oxygens (including phenoxy) is 3. The van der Waals surface area contributed by atoms with Crippen molar-refractivity contribution in [2.75, 3.05) is 20.3 Å². The number of carbonyl (C=O) groups excluding carboxylic acids is 2. The number of hydrogen-bond acceptors (Lipinski definition) is 5. The number of amides is 1. The Balaban J connectivity index is 2.52. The average molecular weight is 351 g/mol. The summed E-state index contributed by atoms with van der Waals surface area (Å²) in [5.41, 5.74) is 1.23. The molecule has 0 aliphatic carbocycles. The van der Waals surface area contributed by atoms with Crippen LogP contribution in [0.2, 0.25) is 0 Å². The van der Waals surface area contributed by atoms with Gasteiger partial charge in [-0.15, -0.1) is 0 Å². The standard InChI is InChI=1S/C19H29NO5/c1-13(17(21)20-11-12-23-6)25-18(22)14(2)24-16-9-7-15(8-10-16)19(3,4)5/h7-10,13-14H,11-12H2,1-6H3,(H,20,21)/t13-,14+/m1/s1. The van der Waals surface area contributed by atoms with Crippen LogP contribution in [0.5, 0.6) is 5.75 Å². The van der Waals surface area contributed by atoms with Gasteiger partial charge in [-0.3, -0.25) is 4.79 Å². The van der Waals surface area contributed by atoms with Crippen molar-refractivity contribution in [2.24, 2.45) is 0 Å². The van der Waals surface area contributed by atoms with Crippen LogP contribution in [0.15, 0.2) is 24.3 Å².